The number of anilines is 2. The number of rotatable bonds is 5. The van der Waals surface area contributed by atoms with Crippen LogP contribution in [-0.2, 0) is 11.2 Å². The molecule has 2 aromatic carbocycles. The predicted molar refractivity (Wildman–Crippen MR) is 113 cm³/mol. The van der Waals surface area contributed by atoms with E-state index < -0.39 is 5.82 Å². The summed E-state index contributed by atoms with van der Waals surface area (Å²) in [4.78, 5) is 15.4. The number of nitrogens with one attached hydrogen (secondary N) is 1. The summed E-state index contributed by atoms with van der Waals surface area (Å²) >= 11 is 0. The Bertz CT molecular complexity index is 1060. The minimum atomic E-state index is -0.460. The quantitative estimate of drug-likeness (QED) is 0.675. The number of benzene rings is 2. The molecule has 2 heterocycles. The number of halogens is 1. The minimum Gasteiger partial charge on any atom is -0.378 e. The first-order valence-corrected chi connectivity index (χ1v) is 10.1. The van der Waals surface area contributed by atoms with Crippen molar-refractivity contribution < 1.29 is 18.4 Å². The second kappa shape index (κ2) is 8.67. The zero-order valence-electron chi connectivity index (χ0n) is 17.1. The van der Waals surface area contributed by atoms with E-state index in [2.05, 4.69) is 10.5 Å². The summed E-state index contributed by atoms with van der Waals surface area (Å²) in [6.45, 7) is 6.16. The van der Waals surface area contributed by atoms with Gasteiger partial charge in [-0.2, -0.15) is 0 Å². The van der Waals surface area contributed by atoms with Crippen molar-refractivity contribution >= 4 is 17.5 Å². The van der Waals surface area contributed by atoms with Crippen molar-refractivity contribution in [3.05, 3.63) is 65.0 Å². The van der Waals surface area contributed by atoms with Crippen LogP contribution >= 0.6 is 0 Å². The fourth-order valence-electron chi connectivity index (χ4n) is 3.68. The van der Waals surface area contributed by atoms with Gasteiger partial charge in [-0.15, -0.1) is 0 Å². The standard InChI is InChI=1S/C23H24FN3O3/c1-3-16-8-6-7-15(2)20(16)25-22(28)19-21(17-9-4-5-10-18(17)24)26-30-23(19)27-11-13-29-14-12-27/h4-10H,3,11-14H2,1-2H3,(H,25,28). The number of aromatic nitrogens is 1. The number of ether oxygens (including phenoxy) is 1. The fraction of sp³-hybridized carbons (Fsp3) is 0.304. The number of amides is 1. The number of morpholine rings is 1. The molecule has 1 aromatic heterocycles. The molecule has 1 amide bonds. The summed E-state index contributed by atoms with van der Waals surface area (Å²) in [5.41, 5.74) is 3.40. The van der Waals surface area contributed by atoms with Crippen molar-refractivity contribution in [3.8, 4) is 11.3 Å². The maximum Gasteiger partial charge on any atom is 0.263 e. The first-order valence-electron chi connectivity index (χ1n) is 10.1. The van der Waals surface area contributed by atoms with Crippen molar-refractivity contribution in [3.63, 3.8) is 0 Å². The summed E-state index contributed by atoms with van der Waals surface area (Å²) in [7, 11) is 0. The summed E-state index contributed by atoms with van der Waals surface area (Å²) in [5.74, 6) is -0.501. The Hall–Kier alpha value is -3.19. The molecule has 6 nitrogen and oxygen atoms in total. The van der Waals surface area contributed by atoms with E-state index in [-0.39, 0.29) is 22.7 Å². The lowest BCUT2D eigenvalue weighted by Crippen LogP contribution is -2.37. The highest BCUT2D eigenvalue weighted by atomic mass is 19.1. The zero-order valence-corrected chi connectivity index (χ0v) is 17.1. The summed E-state index contributed by atoms with van der Waals surface area (Å²) < 4.78 is 25.5. The summed E-state index contributed by atoms with van der Waals surface area (Å²) in [6.07, 6.45) is 0.775. The normalized spacial score (nSPS) is 14.0. The molecule has 0 spiro atoms. The van der Waals surface area contributed by atoms with Gasteiger partial charge >= 0.3 is 0 Å². The van der Waals surface area contributed by atoms with Crippen LogP contribution in [0.4, 0.5) is 16.0 Å². The van der Waals surface area contributed by atoms with Crippen LogP contribution < -0.4 is 10.2 Å². The summed E-state index contributed by atoms with van der Waals surface area (Å²) in [6, 6.07) is 12.1. The largest absolute Gasteiger partial charge is 0.378 e. The molecule has 1 saturated heterocycles. The molecule has 30 heavy (non-hydrogen) atoms. The number of carbonyl (C=O) groups is 1. The van der Waals surface area contributed by atoms with Crippen molar-refractivity contribution in [2.45, 2.75) is 20.3 Å². The molecule has 3 aromatic rings. The van der Waals surface area contributed by atoms with Gasteiger partial charge in [0.15, 0.2) is 0 Å². The van der Waals surface area contributed by atoms with E-state index in [1.807, 2.05) is 36.9 Å². The predicted octanol–water partition coefficient (Wildman–Crippen LogP) is 4.44. The van der Waals surface area contributed by atoms with Crippen molar-refractivity contribution in [1.82, 2.24) is 5.16 Å². The summed E-state index contributed by atoms with van der Waals surface area (Å²) in [5, 5.41) is 7.11. The van der Waals surface area contributed by atoms with Gasteiger partial charge in [-0.3, -0.25) is 4.79 Å². The van der Waals surface area contributed by atoms with Gasteiger partial charge in [-0.25, -0.2) is 4.39 Å². The first-order chi connectivity index (χ1) is 14.6. The molecule has 0 bridgehead atoms. The Morgan fingerprint density at radius 2 is 1.93 bits per heavy atom. The average Bonchev–Trinajstić information content (AvgIpc) is 3.21. The zero-order chi connectivity index (χ0) is 21.1. The molecule has 1 fully saturated rings. The van der Waals surface area contributed by atoms with E-state index >= 15 is 0 Å². The van der Waals surface area contributed by atoms with Crippen LogP contribution in [0.3, 0.4) is 0 Å². The second-order valence-electron chi connectivity index (χ2n) is 7.21. The van der Waals surface area contributed by atoms with E-state index in [9.17, 15) is 9.18 Å². The first kappa shape index (κ1) is 20.1. The molecule has 7 heteroatoms. The monoisotopic (exact) mass is 409 g/mol. The molecule has 156 valence electrons. The average molecular weight is 409 g/mol. The Balaban J connectivity index is 1.79. The third-order valence-electron chi connectivity index (χ3n) is 5.31. The van der Waals surface area contributed by atoms with Gasteiger partial charge in [0.05, 0.1) is 13.2 Å². The number of nitrogens with zero attached hydrogens (tertiary/aromatic N) is 2. The molecule has 0 atom stereocenters. The topological polar surface area (TPSA) is 67.6 Å². The molecule has 0 unspecified atom stereocenters. The minimum absolute atomic E-state index is 0.193. The lowest BCUT2D eigenvalue weighted by molar-refractivity contribution is 0.102. The van der Waals surface area contributed by atoms with Gasteiger partial charge in [-0.05, 0) is 36.6 Å². The number of carbonyl (C=O) groups excluding carboxylic acids is 1. The van der Waals surface area contributed by atoms with Crippen LogP contribution in [-0.4, -0.2) is 37.4 Å². The highest BCUT2D eigenvalue weighted by Gasteiger charge is 2.30. The van der Waals surface area contributed by atoms with Crippen LogP contribution in [0.15, 0.2) is 47.0 Å². The fourth-order valence-corrected chi connectivity index (χ4v) is 3.68. The Labute approximate surface area is 174 Å². The van der Waals surface area contributed by atoms with E-state index in [4.69, 9.17) is 9.26 Å². The van der Waals surface area contributed by atoms with Gasteiger partial charge in [0.1, 0.15) is 17.1 Å². The Morgan fingerprint density at radius 3 is 2.67 bits per heavy atom. The highest BCUT2D eigenvalue weighted by Crippen LogP contribution is 2.34. The third-order valence-corrected chi connectivity index (χ3v) is 5.31. The van der Waals surface area contributed by atoms with Gasteiger partial charge in [0.2, 0.25) is 5.88 Å². The molecule has 4 rings (SSSR count). The molecule has 0 saturated carbocycles. The van der Waals surface area contributed by atoms with E-state index in [0.29, 0.717) is 32.2 Å². The molecular weight excluding hydrogens is 385 g/mol. The van der Waals surface area contributed by atoms with Crippen molar-refractivity contribution in [1.29, 1.82) is 0 Å². The van der Waals surface area contributed by atoms with Crippen LogP contribution in [0.25, 0.3) is 11.3 Å². The SMILES string of the molecule is CCc1cccc(C)c1NC(=O)c1c(-c2ccccc2F)noc1N1CCOCC1. The van der Waals surface area contributed by atoms with E-state index in [0.717, 1.165) is 23.2 Å². The molecule has 1 aliphatic rings. The Morgan fingerprint density at radius 1 is 1.17 bits per heavy atom. The maximum atomic E-state index is 14.5. The van der Waals surface area contributed by atoms with E-state index in [1.54, 1.807) is 18.2 Å². The molecule has 1 N–H and O–H groups in total. The lowest BCUT2D eigenvalue weighted by atomic mass is 10.0. The number of hydrogen-bond acceptors (Lipinski definition) is 5. The van der Waals surface area contributed by atoms with Crippen LogP contribution in [0, 0.1) is 12.7 Å². The van der Waals surface area contributed by atoms with Crippen LogP contribution in [0.1, 0.15) is 28.4 Å². The molecule has 0 radical (unpaired) electrons. The Kier molecular flexibility index (Phi) is 5.81. The third kappa shape index (κ3) is 3.80. The maximum absolute atomic E-state index is 14.5. The number of para-hydroxylation sites is 1. The van der Waals surface area contributed by atoms with Crippen molar-refractivity contribution in [2.24, 2.45) is 0 Å². The van der Waals surface area contributed by atoms with Crippen LogP contribution in [0.2, 0.25) is 0 Å². The van der Waals surface area contributed by atoms with Crippen LogP contribution in [0.5, 0.6) is 0 Å². The molecule has 0 aliphatic carbocycles. The smallest absolute Gasteiger partial charge is 0.263 e. The second-order valence-corrected chi connectivity index (χ2v) is 7.21. The molecule has 1 aliphatic heterocycles. The van der Waals surface area contributed by atoms with Gasteiger partial charge < -0.3 is 19.5 Å². The van der Waals surface area contributed by atoms with Gasteiger partial charge in [-0.1, -0.05) is 42.4 Å². The van der Waals surface area contributed by atoms with Gasteiger partial charge in [0.25, 0.3) is 5.91 Å². The lowest BCUT2D eigenvalue weighted by Gasteiger charge is -2.26. The number of aryl methyl sites for hydroxylation is 2. The van der Waals surface area contributed by atoms with Crippen molar-refractivity contribution in [2.75, 3.05) is 36.5 Å². The van der Waals surface area contributed by atoms with Gasteiger partial charge in [0, 0.05) is 24.3 Å². The number of hydrogen-bond donors (Lipinski definition) is 1. The highest BCUT2D eigenvalue weighted by molar-refractivity contribution is 6.12. The van der Waals surface area contributed by atoms with E-state index in [1.165, 1.54) is 6.07 Å². The molecular formula is C23H24FN3O3.